The summed E-state index contributed by atoms with van der Waals surface area (Å²) in [6, 6.07) is 11.6. The van der Waals surface area contributed by atoms with E-state index in [9.17, 15) is 0 Å². The first kappa shape index (κ1) is 14.1. The Morgan fingerprint density at radius 2 is 1.80 bits per heavy atom. The fourth-order valence-corrected chi connectivity index (χ4v) is 3.65. The highest BCUT2D eigenvalue weighted by molar-refractivity contribution is 5.19. The van der Waals surface area contributed by atoms with Crippen LogP contribution in [0, 0.1) is 5.92 Å². The average molecular weight is 273 g/mol. The summed E-state index contributed by atoms with van der Waals surface area (Å²) in [7, 11) is 0. The Hall–Kier alpha value is -0.860. The molecule has 0 aromatic heterocycles. The maximum Gasteiger partial charge on any atom is 0.0625 e. The van der Waals surface area contributed by atoms with Crippen LogP contribution in [0.4, 0.5) is 0 Å². The van der Waals surface area contributed by atoms with Crippen LogP contribution in [-0.4, -0.2) is 25.3 Å². The molecule has 1 aliphatic heterocycles. The summed E-state index contributed by atoms with van der Waals surface area (Å²) in [4.78, 5) is 0. The second-order valence-electron chi connectivity index (χ2n) is 6.54. The highest BCUT2D eigenvalue weighted by Crippen LogP contribution is 2.34. The number of ether oxygens (including phenoxy) is 1. The smallest absolute Gasteiger partial charge is 0.0625 e. The highest BCUT2D eigenvalue weighted by atomic mass is 16.5. The van der Waals surface area contributed by atoms with Gasteiger partial charge in [-0.2, -0.15) is 0 Å². The second-order valence-corrected chi connectivity index (χ2v) is 6.54. The zero-order chi connectivity index (χ0) is 13.8. The molecule has 20 heavy (non-hydrogen) atoms. The predicted molar refractivity (Wildman–Crippen MR) is 83.0 cm³/mol. The Morgan fingerprint density at radius 3 is 2.45 bits per heavy atom. The number of nitrogens with one attached hydrogen (secondary N) is 1. The first-order valence-electron chi connectivity index (χ1n) is 8.23. The molecular weight excluding hydrogens is 246 g/mol. The molecule has 2 heteroatoms. The van der Waals surface area contributed by atoms with Gasteiger partial charge in [0.2, 0.25) is 0 Å². The topological polar surface area (TPSA) is 21.3 Å². The number of benzene rings is 1. The lowest BCUT2D eigenvalue weighted by Gasteiger charge is -2.30. The first-order chi connectivity index (χ1) is 9.83. The summed E-state index contributed by atoms with van der Waals surface area (Å²) in [5, 5.41) is 3.56. The van der Waals surface area contributed by atoms with Gasteiger partial charge in [0.05, 0.1) is 12.7 Å². The van der Waals surface area contributed by atoms with Gasteiger partial charge in [0.15, 0.2) is 0 Å². The fourth-order valence-electron chi connectivity index (χ4n) is 3.65. The van der Waals surface area contributed by atoms with Crippen molar-refractivity contribution < 1.29 is 4.74 Å². The molecule has 1 aromatic carbocycles. The van der Waals surface area contributed by atoms with E-state index < -0.39 is 0 Å². The maximum absolute atomic E-state index is 6.16. The van der Waals surface area contributed by atoms with Crippen molar-refractivity contribution in [2.24, 2.45) is 5.92 Å². The molecule has 1 heterocycles. The zero-order valence-corrected chi connectivity index (χ0v) is 12.6. The Morgan fingerprint density at radius 1 is 1.05 bits per heavy atom. The Labute approximate surface area is 122 Å². The molecule has 1 aromatic rings. The van der Waals surface area contributed by atoms with E-state index in [1.165, 1.54) is 37.7 Å². The quantitative estimate of drug-likeness (QED) is 0.902. The summed E-state index contributed by atoms with van der Waals surface area (Å²) < 4.78 is 6.16. The molecule has 0 unspecified atom stereocenters. The Bertz CT molecular complexity index is 397. The van der Waals surface area contributed by atoms with Gasteiger partial charge in [0.1, 0.15) is 0 Å². The van der Waals surface area contributed by atoms with Crippen molar-refractivity contribution in [1.29, 1.82) is 0 Å². The van der Waals surface area contributed by atoms with Gasteiger partial charge in [0.25, 0.3) is 0 Å². The van der Waals surface area contributed by atoms with Crippen LogP contribution in [0.2, 0.25) is 0 Å². The van der Waals surface area contributed by atoms with E-state index in [1.807, 2.05) is 0 Å². The van der Waals surface area contributed by atoms with E-state index in [2.05, 4.69) is 42.6 Å². The van der Waals surface area contributed by atoms with Gasteiger partial charge >= 0.3 is 0 Å². The minimum atomic E-state index is 0.490. The van der Waals surface area contributed by atoms with Crippen LogP contribution >= 0.6 is 0 Å². The third-order valence-electron chi connectivity index (χ3n) is 5.15. The molecule has 2 nitrogen and oxygen atoms in total. The van der Waals surface area contributed by atoms with Gasteiger partial charge in [-0.25, -0.2) is 0 Å². The molecule has 0 spiro atoms. The molecule has 110 valence electrons. The number of rotatable bonds is 4. The lowest BCUT2D eigenvalue weighted by atomic mass is 9.83. The normalized spacial score (nSPS) is 34.2. The van der Waals surface area contributed by atoms with Crippen molar-refractivity contribution in [3.05, 3.63) is 35.9 Å². The lowest BCUT2D eigenvalue weighted by molar-refractivity contribution is 0.0102. The fraction of sp³-hybridized carbons (Fsp3) is 0.667. The SMILES string of the molecule is C[C@H]1CCN[C@H]1CO[C@H]1CC[C@@H](c2ccccc2)CC1. The summed E-state index contributed by atoms with van der Waals surface area (Å²) in [5.41, 5.74) is 1.51. The summed E-state index contributed by atoms with van der Waals surface area (Å²) in [5.74, 6) is 1.52. The molecule has 2 aliphatic rings. The number of hydrogen-bond donors (Lipinski definition) is 1. The van der Waals surface area contributed by atoms with E-state index in [-0.39, 0.29) is 0 Å². The van der Waals surface area contributed by atoms with Gasteiger partial charge in [-0.05, 0) is 56.0 Å². The minimum absolute atomic E-state index is 0.490. The van der Waals surface area contributed by atoms with Crippen molar-refractivity contribution in [3.63, 3.8) is 0 Å². The van der Waals surface area contributed by atoms with Crippen LogP contribution in [0.3, 0.4) is 0 Å². The van der Waals surface area contributed by atoms with Crippen molar-refractivity contribution in [2.75, 3.05) is 13.2 Å². The van der Waals surface area contributed by atoms with E-state index in [4.69, 9.17) is 4.74 Å². The lowest BCUT2D eigenvalue weighted by Crippen LogP contribution is -2.34. The average Bonchev–Trinajstić information content (AvgIpc) is 2.92. The Kier molecular flexibility index (Phi) is 4.74. The van der Waals surface area contributed by atoms with Crippen LogP contribution in [0.5, 0.6) is 0 Å². The summed E-state index contributed by atoms with van der Waals surface area (Å²) >= 11 is 0. The van der Waals surface area contributed by atoms with Crippen molar-refractivity contribution in [1.82, 2.24) is 5.32 Å². The Balaban J connectivity index is 1.42. The monoisotopic (exact) mass is 273 g/mol. The number of hydrogen-bond acceptors (Lipinski definition) is 2. The van der Waals surface area contributed by atoms with E-state index in [0.29, 0.717) is 12.1 Å². The van der Waals surface area contributed by atoms with E-state index >= 15 is 0 Å². The molecular formula is C18H27NO. The van der Waals surface area contributed by atoms with Crippen LogP contribution in [-0.2, 0) is 4.74 Å². The molecule has 1 N–H and O–H groups in total. The van der Waals surface area contributed by atoms with Crippen LogP contribution in [0.1, 0.15) is 50.5 Å². The molecule has 2 atom stereocenters. The predicted octanol–water partition coefficient (Wildman–Crippen LogP) is 3.73. The second kappa shape index (κ2) is 6.73. The van der Waals surface area contributed by atoms with E-state index in [1.54, 1.807) is 0 Å². The van der Waals surface area contributed by atoms with Crippen LogP contribution in [0.15, 0.2) is 30.3 Å². The van der Waals surface area contributed by atoms with Gasteiger partial charge in [-0.15, -0.1) is 0 Å². The maximum atomic E-state index is 6.16. The molecule has 0 radical (unpaired) electrons. The molecule has 3 rings (SSSR count). The molecule has 2 fully saturated rings. The van der Waals surface area contributed by atoms with Gasteiger partial charge in [-0.1, -0.05) is 37.3 Å². The summed E-state index contributed by atoms with van der Waals surface area (Å²) in [6.07, 6.45) is 6.80. The molecule has 0 bridgehead atoms. The van der Waals surface area contributed by atoms with Crippen molar-refractivity contribution >= 4 is 0 Å². The van der Waals surface area contributed by atoms with Crippen LogP contribution < -0.4 is 5.32 Å². The summed E-state index contributed by atoms with van der Waals surface area (Å²) in [6.45, 7) is 4.40. The third-order valence-corrected chi connectivity index (χ3v) is 5.15. The molecule has 0 amide bonds. The standard InChI is InChI=1S/C18H27NO/c1-14-11-12-19-18(14)13-20-17-9-7-16(8-10-17)15-5-3-2-4-6-15/h2-6,14,16-19H,7-13H2,1H3/t14-,16-,17+,18-/m0/s1. The first-order valence-corrected chi connectivity index (χ1v) is 8.23. The largest absolute Gasteiger partial charge is 0.377 e. The van der Waals surface area contributed by atoms with Crippen molar-refractivity contribution in [2.45, 2.75) is 57.1 Å². The molecule has 1 saturated carbocycles. The molecule has 1 saturated heterocycles. The zero-order valence-electron chi connectivity index (χ0n) is 12.6. The van der Waals surface area contributed by atoms with Gasteiger partial charge in [-0.3, -0.25) is 0 Å². The highest BCUT2D eigenvalue weighted by Gasteiger charge is 2.26. The van der Waals surface area contributed by atoms with Gasteiger partial charge < -0.3 is 10.1 Å². The van der Waals surface area contributed by atoms with Crippen molar-refractivity contribution in [3.8, 4) is 0 Å². The van der Waals surface area contributed by atoms with Gasteiger partial charge in [0, 0.05) is 6.04 Å². The third kappa shape index (κ3) is 3.42. The molecule has 1 aliphatic carbocycles. The van der Waals surface area contributed by atoms with Crippen LogP contribution in [0.25, 0.3) is 0 Å². The van der Waals surface area contributed by atoms with E-state index in [0.717, 1.165) is 25.0 Å². The minimum Gasteiger partial charge on any atom is -0.377 e.